The molecule has 0 saturated heterocycles. The summed E-state index contributed by atoms with van der Waals surface area (Å²) in [6, 6.07) is 5.64. The molecule has 2 aromatic rings. The van der Waals surface area contributed by atoms with Gasteiger partial charge in [-0.25, -0.2) is 9.37 Å². The number of nitrogens with one attached hydrogen (secondary N) is 1. The van der Waals surface area contributed by atoms with Crippen molar-refractivity contribution in [1.29, 1.82) is 0 Å². The molecule has 0 radical (unpaired) electrons. The summed E-state index contributed by atoms with van der Waals surface area (Å²) in [5.41, 5.74) is 7.09. The summed E-state index contributed by atoms with van der Waals surface area (Å²) in [5.74, 6) is -0.418. The number of hydrogen-bond donors (Lipinski definition) is 2. The molecule has 0 bridgehead atoms. The molecule has 2 aromatic heterocycles. The zero-order valence-corrected chi connectivity index (χ0v) is 9.31. The van der Waals surface area contributed by atoms with Crippen LogP contribution in [0.2, 0.25) is 0 Å². The van der Waals surface area contributed by atoms with E-state index in [2.05, 4.69) is 20.3 Å². The van der Waals surface area contributed by atoms with Crippen LogP contribution < -0.4 is 11.1 Å². The number of pyridine rings is 1. The van der Waals surface area contributed by atoms with Crippen LogP contribution in [0.1, 0.15) is 11.4 Å². The molecule has 0 aromatic carbocycles. The highest BCUT2D eigenvalue weighted by Crippen LogP contribution is 2.11. The van der Waals surface area contributed by atoms with Crippen LogP contribution >= 0.6 is 0 Å². The van der Waals surface area contributed by atoms with Gasteiger partial charge in [0.05, 0.1) is 18.4 Å². The van der Waals surface area contributed by atoms with Gasteiger partial charge in [0.2, 0.25) is 5.95 Å². The molecule has 2 heterocycles. The fraction of sp³-hybridized carbons (Fsp3) is 0.182. The predicted octanol–water partition coefficient (Wildman–Crippen LogP) is 1.51. The third-order valence-corrected chi connectivity index (χ3v) is 2.15. The summed E-state index contributed by atoms with van der Waals surface area (Å²) in [6.07, 6.45) is 1.04. The lowest BCUT2D eigenvalue weighted by Crippen LogP contribution is -2.07. The van der Waals surface area contributed by atoms with Crippen molar-refractivity contribution in [3.05, 3.63) is 41.6 Å². The zero-order chi connectivity index (χ0) is 12.3. The van der Waals surface area contributed by atoms with Gasteiger partial charge in [0.1, 0.15) is 0 Å². The molecule has 0 spiro atoms. The van der Waals surface area contributed by atoms with E-state index in [-0.39, 0.29) is 11.8 Å². The van der Waals surface area contributed by atoms with E-state index in [9.17, 15) is 4.39 Å². The highest BCUT2D eigenvalue weighted by molar-refractivity contribution is 5.39. The minimum absolute atomic E-state index is 0.0334. The molecular formula is C11H12FN5. The van der Waals surface area contributed by atoms with E-state index in [4.69, 9.17) is 5.73 Å². The van der Waals surface area contributed by atoms with Gasteiger partial charge in [0.15, 0.2) is 11.6 Å². The van der Waals surface area contributed by atoms with Gasteiger partial charge in [-0.3, -0.25) is 4.98 Å². The second-order valence-electron chi connectivity index (χ2n) is 3.55. The Morgan fingerprint density at radius 2 is 2.18 bits per heavy atom. The third kappa shape index (κ3) is 2.87. The maximum atomic E-state index is 13.3. The number of aryl methyl sites for hydroxylation is 1. The Labute approximate surface area is 97.9 Å². The first-order valence-electron chi connectivity index (χ1n) is 5.09. The highest BCUT2D eigenvalue weighted by atomic mass is 19.1. The van der Waals surface area contributed by atoms with Crippen LogP contribution in [0.25, 0.3) is 0 Å². The van der Waals surface area contributed by atoms with Crippen molar-refractivity contribution < 1.29 is 4.39 Å². The number of nitrogen functional groups attached to an aromatic ring is 1. The van der Waals surface area contributed by atoms with Crippen molar-refractivity contribution in [2.45, 2.75) is 13.5 Å². The van der Waals surface area contributed by atoms with E-state index < -0.39 is 5.82 Å². The number of nitrogens with zero attached hydrogens (tertiary/aromatic N) is 3. The van der Waals surface area contributed by atoms with E-state index in [0.29, 0.717) is 6.54 Å². The van der Waals surface area contributed by atoms with Gasteiger partial charge in [0, 0.05) is 5.69 Å². The van der Waals surface area contributed by atoms with Gasteiger partial charge in [-0.05, 0) is 19.1 Å². The van der Waals surface area contributed by atoms with Gasteiger partial charge in [0.25, 0.3) is 0 Å². The van der Waals surface area contributed by atoms with Gasteiger partial charge >= 0.3 is 0 Å². The first-order chi connectivity index (χ1) is 8.15. The van der Waals surface area contributed by atoms with Crippen LogP contribution in [0.4, 0.5) is 16.2 Å². The van der Waals surface area contributed by atoms with E-state index in [0.717, 1.165) is 17.6 Å². The van der Waals surface area contributed by atoms with Crippen molar-refractivity contribution in [3.8, 4) is 0 Å². The van der Waals surface area contributed by atoms with Gasteiger partial charge < -0.3 is 11.1 Å². The Balaban J connectivity index is 2.09. The SMILES string of the molecule is Cc1cccc(CNc2nc(N)ncc2F)n1. The minimum Gasteiger partial charge on any atom is -0.368 e. The molecule has 0 saturated carbocycles. The Bertz CT molecular complexity index is 529. The fourth-order valence-electron chi connectivity index (χ4n) is 1.38. The molecular weight excluding hydrogens is 221 g/mol. The van der Waals surface area contributed by atoms with E-state index in [1.807, 2.05) is 25.1 Å². The van der Waals surface area contributed by atoms with Crippen molar-refractivity contribution >= 4 is 11.8 Å². The van der Waals surface area contributed by atoms with E-state index in [1.54, 1.807) is 0 Å². The molecule has 3 N–H and O–H groups in total. The second kappa shape index (κ2) is 4.73. The Morgan fingerprint density at radius 3 is 2.94 bits per heavy atom. The summed E-state index contributed by atoms with van der Waals surface area (Å²) < 4.78 is 13.3. The first-order valence-corrected chi connectivity index (χ1v) is 5.09. The monoisotopic (exact) mass is 233 g/mol. The molecule has 0 amide bonds. The van der Waals surface area contributed by atoms with E-state index >= 15 is 0 Å². The maximum Gasteiger partial charge on any atom is 0.222 e. The standard InChI is InChI=1S/C11H12FN5/c1-7-3-2-4-8(16-7)5-14-10-9(12)6-15-11(13)17-10/h2-4,6H,5H2,1H3,(H3,13,14,15,17). The molecule has 0 aliphatic rings. The second-order valence-corrected chi connectivity index (χ2v) is 3.55. The van der Waals surface area contributed by atoms with Crippen LogP contribution in [-0.4, -0.2) is 15.0 Å². The molecule has 6 heteroatoms. The molecule has 17 heavy (non-hydrogen) atoms. The lowest BCUT2D eigenvalue weighted by molar-refractivity contribution is 0.617. The Kier molecular flexibility index (Phi) is 3.13. The van der Waals surface area contributed by atoms with Crippen LogP contribution in [0.15, 0.2) is 24.4 Å². The van der Waals surface area contributed by atoms with Gasteiger partial charge in [-0.15, -0.1) is 0 Å². The molecule has 5 nitrogen and oxygen atoms in total. The fourth-order valence-corrected chi connectivity index (χ4v) is 1.38. The summed E-state index contributed by atoms with van der Waals surface area (Å²) in [7, 11) is 0. The van der Waals surface area contributed by atoms with Crippen molar-refractivity contribution in [2.24, 2.45) is 0 Å². The summed E-state index contributed by atoms with van der Waals surface area (Å²) in [4.78, 5) is 11.6. The minimum atomic E-state index is -0.535. The Morgan fingerprint density at radius 1 is 1.35 bits per heavy atom. The lowest BCUT2D eigenvalue weighted by Gasteiger charge is -2.06. The molecule has 0 aliphatic carbocycles. The molecule has 0 unspecified atom stereocenters. The molecule has 2 rings (SSSR count). The molecule has 88 valence electrons. The molecule has 0 aliphatic heterocycles. The maximum absolute atomic E-state index is 13.3. The van der Waals surface area contributed by atoms with Crippen molar-refractivity contribution in [2.75, 3.05) is 11.1 Å². The summed E-state index contributed by atoms with van der Waals surface area (Å²) in [6.45, 7) is 2.28. The zero-order valence-electron chi connectivity index (χ0n) is 9.31. The van der Waals surface area contributed by atoms with Crippen LogP contribution in [0.5, 0.6) is 0 Å². The van der Waals surface area contributed by atoms with E-state index in [1.165, 1.54) is 0 Å². The topological polar surface area (TPSA) is 76.7 Å². The smallest absolute Gasteiger partial charge is 0.222 e. The number of rotatable bonds is 3. The van der Waals surface area contributed by atoms with Gasteiger partial charge in [-0.2, -0.15) is 4.98 Å². The van der Waals surface area contributed by atoms with Crippen LogP contribution in [-0.2, 0) is 6.54 Å². The third-order valence-electron chi connectivity index (χ3n) is 2.15. The average Bonchev–Trinajstić information content (AvgIpc) is 2.30. The van der Waals surface area contributed by atoms with Gasteiger partial charge in [-0.1, -0.05) is 6.07 Å². The predicted molar refractivity (Wildman–Crippen MR) is 62.7 cm³/mol. The highest BCUT2D eigenvalue weighted by Gasteiger charge is 2.05. The number of halogens is 1. The molecule has 0 atom stereocenters. The normalized spacial score (nSPS) is 10.2. The Hall–Kier alpha value is -2.24. The number of anilines is 2. The molecule has 0 fully saturated rings. The first kappa shape index (κ1) is 11.3. The number of nitrogens with two attached hydrogens (primary N) is 1. The largest absolute Gasteiger partial charge is 0.368 e. The van der Waals surface area contributed by atoms with Crippen LogP contribution in [0, 0.1) is 12.7 Å². The van der Waals surface area contributed by atoms with Crippen molar-refractivity contribution in [1.82, 2.24) is 15.0 Å². The quantitative estimate of drug-likeness (QED) is 0.840. The lowest BCUT2D eigenvalue weighted by atomic mass is 10.3. The number of hydrogen-bond acceptors (Lipinski definition) is 5. The van der Waals surface area contributed by atoms with Crippen molar-refractivity contribution in [3.63, 3.8) is 0 Å². The summed E-state index contributed by atoms with van der Waals surface area (Å²) in [5, 5.41) is 2.83. The van der Waals surface area contributed by atoms with Crippen LogP contribution in [0.3, 0.4) is 0 Å². The average molecular weight is 233 g/mol. The number of aromatic nitrogens is 3. The summed E-state index contributed by atoms with van der Waals surface area (Å²) >= 11 is 0.